The fourth-order valence-corrected chi connectivity index (χ4v) is 2.70. The molecule has 0 amide bonds. The number of nitrogens with zero attached hydrogens (tertiary/aromatic N) is 3. The lowest BCUT2D eigenvalue weighted by atomic mass is 10.2. The van der Waals surface area contributed by atoms with Crippen molar-refractivity contribution in [1.29, 1.82) is 10.5 Å². The van der Waals surface area contributed by atoms with E-state index in [-0.39, 0.29) is 0 Å². The second-order valence-corrected chi connectivity index (χ2v) is 6.58. The van der Waals surface area contributed by atoms with Gasteiger partial charge in [0.25, 0.3) is 0 Å². The molecular formula is C13H23N3O2S. The molecule has 0 spiro atoms. The minimum absolute atomic E-state index is 0.530. The predicted octanol–water partition coefficient (Wildman–Crippen LogP) is 2.42. The summed E-state index contributed by atoms with van der Waals surface area (Å²) in [5.41, 5.74) is 0. The zero-order valence-electron chi connectivity index (χ0n) is 11.6. The van der Waals surface area contributed by atoms with Gasteiger partial charge in [-0.1, -0.05) is 12.8 Å². The van der Waals surface area contributed by atoms with Crippen molar-refractivity contribution in [1.82, 2.24) is 4.31 Å². The second kappa shape index (κ2) is 10.8. The van der Waals surface area contributed by atoms with E-state index in [2.05, 4.69) is 12.1 Å². The van der Waals surface area contributed by atoms with Crippen molar-refractivity contribution >= 4 is 10.0 Å². The Morgan fingerprint density at radius 1 is 0.842 bits per heavy atom. The van der Waals surface area contributed by atoms with Crippen LogP contribution in [-0.4, -0.2) is 32.1 Å². The van der Waals surface area contributed by atoms with E-state index in [9.17, 15) is 8.42 Å². The Bertz CT molecular complexity index is 383. The Labute approximate surface area is 116 Å². The molecule has 0 saturated heterocycles. The number of rotatable bonds is 11. The first-order valence-electron chi connectivity index (χ1n) is 6.71. The van der Waals surface area contributed by atoms with E-state index < -0.39 is 10.0 Å². The molecule has 0 aliphatic carbocycles. The van der Waals surface area contributed by atoms with Crippen LogP contribution < -0.4 is 0 Å². The number of unbranched alkanes of at least 4 members (excludes halogenated alkanes) is 6. The molecule has 0 radical (unpaired) electrons. The molecule has 0 atom stereocenters. The minimum Gasteiger partial charge on any atom is -0.213 e. The smallest absolute Gasteiger partial charge is 0.211 e. The Morgan fingerprint density at radius 2 is 1.26 bits per heavy atom. The Kier molecular flexibility index (Phi) is 10.1. The predicted molar refractivity (Wildman–Crippen MR) is 74.6 cm³/mol. The molecule has 0 aromatic carbocycles. The number of sulfonamides is 1. The monoisotopic (exact) mass is 285 g/mol. The van der Waals surface area contributed by atoms with Gasteiger partial charge in [0.15, 0.2) is 0 Å². The standard InChI is InChI=1S/C13H23N3O2S/c1-19(17,18)16(12-8-4-2-6-10-14)13-9-5-3-7-11-15/h2-9,12-13H2,1H3. The van der Waals surface area contributed by atoms with E-state index in [1.807, 2.05) is 0 Å². The number of hydrogen-bond acceptors (Lipinski definition) is 4. The highest BCUT2D eigenvalue weighted by atomic mass is 32.2. The maximum absolute atomic E-state index is 11.6. The molecule has 0 unspecified atom stereocenters. The quantitative estimate of drug-likeness (QED) is 0.546. The molecule has 0 N–H and O–H groups in total. The van der Waals surface area contributed by atoms with Crippen LogP contribution in [0.1, 0.15) is 51.4 Å². The van der Waals surface area contributed by atoms with Crippen molar-refractivity contribution < 1.29 is 8.42 Å². The van der Waals surface area contributed by atoms with E-state index in [0.717, 1.165) is 38.5 Å². The third kappa shape index (κ3) is 10.5. The lowest BCUT2D eigenvalue weighted by molar-refractivity contribution is 0.390. The van der Waals surface area contributed by atoms with Gasteiger partial charge in [0.1, 0.15) is 0 Å². The van der Waals surface area contributed by atoms with Crippen molar-refractivity contribution in [3.05, 3.63) is 0 Å². The van der Waals surface area contributed by atoms with E-state index in [4.69, 9.17) is 10.5 Å². The highest BCUT2D eigenvalue weighted by molar-refractivity contribution is 7.88. The summed E-state index contributed by atoms with van der Waals surface area (Å²) in [6.07, 6.45) is 7.33. The van der Waals surface area contributed by atoms with E-state index in [1.165, 1.54) is 10.6 Å². The summed E-state index contributed by atoms with van der Waals surface area (Å²) < 4.78 is 24.7. The minimum atomic E-state index is -3.15. The van der Waals surface area contributed by atoms with Gasteiger partial charge in [0.05, 0.1) is 18.4 Å². The maximum atomic E-state index is 11.6. The van der Waals surface area contributed by atoms with Crippen LogP contribution in [0.15, 0.2) is 0 Å². The van der Waals surface area contributed by atoms with Gasteiger partial charge in [-0.2, -0.15) is 10.5 Å². The average Bonchev–Trinajstić information content (AvgIpc) is 2.34. The molecule has 0 saturated carbocycles. The normalized spacial score (nSPS) is 11.2. The van der Waals surface area contributed by atoms with Crippen molar-refractivity contribution in [3.63, 3.8) is 0 Å². The molecule has 6 heteroatoms. The second-order valence-electron chi connectivity index (χ2n) is 4.60. The molecule has 0 aliphatic rings. The Hall–Kier alpha value is -1.11. The van der Waals surface area contributed by atoms with Crippen LogP contribution in [0.3, 0.4) is 0 Å². The Morgan fingerprint density at radius 3 is 1.58 bits per heavy atom. The lowest BCUT2D eigenvalue weighted by Gasteiger charge is -2.19. The number of nitriles is 2. The number of hydrogen-bond donors (Lipinski definition) is 0. The van der Waals surface area contributed by atoms with Crippen molar-refractivity contribution in [2.75, 3.05) is 19.3 Å². The van der Waals surface area contributed by atoms with E-state index in [1.54, 1.807) is 0 Å². The van der Waals surface area contributed by atoms with E-state index >= 15 is 0 Å². The Balaban J connectivity index is 3.92. The molecule has 0 aliphatic heterocycles. The average molecular weight is 285 g/mol. The summed E-state index contributed by atoms with van der Waals surface area (Å²) in [4.78, 5) is 0. The first-order valence-corrected chi connectivity index (χ1v) is 8.56. The van der Waals surface area contributed by atoms with Crippen LogP contribution in [0.4, 0.5) is 0 Å². The fraction of sp³-hybridized carbons (Fsp3) is 0.846. The molecule has 0 rings (SSSR count). The molecule has 0 aromatic heterocycles. The van der Waals surface area contributed by atoms with Gasteiger partial charge in [-0.15, -0.1) is 0 Å². The summed E-state index contributed by atoms with van der Waals surface area (Å²) >= 11 is 0. The summed E-state index contributed by atoms with van der Waals surface area (Å²) in [6, 6.07) is 4.16. The zero-order valence-corrected chi connectivity index (χ0v) is 12.5. The summed E-state index contributed by atoms with van der Waals surface area (Å²) in [6.45, 7) is 1.06. The molecular weight excluding hydrogens is 262 g/mol. The molecule has 108 valence electrons. The molecule has 0 heterocycles. The molecule has 0 bridgehead atoms. The highest BCUT2D eigenvalue weighted by Crippen LogP contribution is 2.08. The first kappa shape index (κ1) is 17.9. The molecule has 0 fully saturated rings. The topological polar surface area (TPSA) is 85.0 Å². The van der Waals surface area contributed by atoms with Gasteiger partial charge in [0, 0.05) is 25.9 Å². The van der Waals surface area contributed by atoms with Crippen LogP contribution >= 0.6 is 0 Å². The van der Waals surface area contributed by atoms with Crippen LogP contribution in [0.5, 0.6) is 0 Å². The largest absolute Gasteiger partial charge is 0.213 e. The van der Waals surface area contributed by atoms with Gasteiger partial charge in [-0.3, -0.25) is 0 Å². The van der Waals surface area contributed by atoms with Gasteiger partial charge in [-0.25, -0.2) is 12.7 Å². The third-order valence-corrected chi connectivity index (χ3v) is 4.16. The van der Waals surface area contributed by atoms with Gasteiger partial charge < -0.3 is 0 Å². The van der Waals surface area contributed by atoms with Crippen LogP contribution in [0.25, 0.3) is 0 Å². The lowest BCUT2D eigenvalue weighted by Crippen LogP contribution is -2.32. The van der Waals surface area contributed by atoms with Gasteiger partial charge in [-0.05, 0) is 25.7 Å². The van der Waals surface area contributed by atoms with Gasteiger partial charge >= 0.3 is 0 Å². The molecule has 5 nitrogen and oxygen atoms in total. The van der Waals surface area contributed by atoms with Crippen LogP contribution in [0, 0.1) is 22.7 Å². The fourth-order valence-electron chi connectivity index (χ4n) is 1.78. The van der Waals surface area contributed by atoms with Crippen LogP contribution in [0.2, 0.25) is 0 Å². The summed E-state index contributed by atoms with van der Waals surface area (Å²) in [7, 11) is -3.15. The SMILES string of the molecule is CS(=O)(=O)N(CCCCCC#N)CCCCCC#N. The van der Waals surface area contributed by atoms with E-state index in [0.29, 0.717) is 25.9 Å². The van der Waals surface area contributed by atoms with Crippen molar-refractivity contribution in [2.45, 2.75) is 51.4 Å². The van der Waals surface area contributed by atoms with Crippen molar-refractivity contribution in [3.8, 4) is 12.1 Å². The summed E-state index contributed by atoms with van der Waals surface area (Å²) in [5, 5.41) is 16.8. The maximum Gasteiger partial charge on any atom is 0.211 e. The summed E-state index contributed by atoms with van der Waals surface area (Å²) in [5.74, 6) is 0. The van der Waals surface area contributed by atoms with Crippen molar-refractivity contribution in [2.24, 2.45) is 0 Å². The zero-order chi connectivity index (χ0) is 14.6. The van der Waals surface area contributed by atoms with Crippen LogP contribution in [-0.2, 0) is 10.0 Å². The molecule has 0 aromatic rings. The highest BCUT2D eigenvalue weighted by Gasteiger charge is 2.15. The molecule has 19 heavy (non-hydrogen) atoms. The first-order chi connectivity index (χ1) is 9.02. The third-order valence-electron chi connectivity index (χ3n) is 2.86. The van der Waals surface area contributed by atoms with Gasteiger partial charge in [0.2, 0.25) is 10.0 Å².